The van der Waals surface area contributed by atoms with Crippen LogP contribution in [0, 0.1) is 5.82 Å². The lowest BCUT2D eigenvalue weighted by atomic mass is 9.88. The Kier molecular flexibility index (Phi) is 7.71. The number of imidazole rings is 1. The Hall–Kier alpha value is -3.66. The molecule has 43 heavy (non-hydrogen) atoms. The first-order chi connectivity index (χ1) is 21.0. The molecule has 0 spiro atoms. The average Bonchev–Trinajstić information content (AvgIpc) is 3.35. The maximum Gasteiger partial charge on any atom is 0.338 e. The van der Waals surface area contributed by atoms with Gasteiger partial charge in [-0.2, -0.15) is 0 Å². The van der Waals surface area contributed by atoms with Crippen LogP contribution in [0.2, 0.25) is 5.02 Å². The van der Waals surface area contributed by atoms with Crippen LogP contribution in [-0.2, 0) is 22.6 Å². The number of carbonyl (C=O) groups excluding carboxylic acids is 1. The third kappa shape index (κ3) is 5.57. The summed E-state index contributed by atoms with van der Waals surface area (Å²) in [6.45, 7) is 4.04. The number of carbonyl (C=O) groups is 1. The Morgan fingerprint density at radius 2 is 1.91 bits per heavy atom. The Balaban J connectivity index is 1.07. The lowest BCUT2D eigenvalue weighted by Gasteiger charge is -2.35. The molecular formula is C33H33ClFN3O5. The summed E-state index contributed by atoms with van der Waals surface area (Å²) in [5.74, 6) is 1.61. The monoisotopic (exact) mass is 605 g/mol. The molecule has 3 aliphatic rings. The standard InChI is InChI=1S/C33H33ClFN3O5/c1-40-33(39)22-15-26(35)31-27(16-22)38(17-24-11-14-41-24)30(36-31)18-37-12-9-20(10-13-37)25-3-2-4-28-32(25)42-19-29(43-28)21-5-7-23(34)8-6-21/h2-8,15-16,20,24,29H,9-14,17-19H2,1H3/t24-,29-/m0/s1. The summed E-state index contributed by atoms with van der Waals surface area (Å²) in [6.07, 6.45) is 2.72. The number of ether oxygens (including phenoxy) is 4. The van der Waals surface area contributed by atoms with Crippen LogP contribution >= 0.6 is 11.6 Å². The van der Waals surface area contributed by atoms with Crippen molar-refractivity contribution in [1.82, 2.24) is 14.5 Å². The summed E-state index contributed by atoms with van der Waals surface area (Å²) < 4.78 is 40.3. The highest BCUT2D eigenvalue weighted by atomic mass is 35.5. The fourth-order valence-corrected chi connectivity index (χ4v) is 6.44. The van der Waals surface area contributed by atoms with Gasteiger partial charge in [-0.15, -0.1) is 0 Å². The quantitative estimate of drug-likeness (QED) is 0.229. The second-order valence-corrected chi connectivity index (χ2v) is 11.9. The summed E-state index contributed by atoms with van der Waals surface area (Å²) in [7, 11) is 1.29. The second-order valence-electron chi connectivity index (χ2n) is 11.4. The van der Waals surface area contributed by atoms with E-state index in [0.29, 0.717) is 36.2 Å². The first-order valence-electron chi connectivity index (χ1n) is 14.8. The molecule has 1 aromatic heterocycles. The van der Waals surface area contributed by atoms with E-state index in [-0.39, 0.29) is 23.3 Å². The first kappa shape index (κ1) is 28.1. The van der Waals surface area contributed by atoms with E-state index in [0.717, 1.165) is 61.8 Å². The lowest BCUT2D eigenvalue weighted by molar-refractivity contribution is -0.0592. The molecule has 8 nitrogen and oxygen atoms in total. The minimum atomic E-state index is -0.574. The van der Waals surface area contributed by atoms with Crippen molar-refractivity contribution < 1.29 is 28.1 Å². The molecule has 224 valence electrons. The second kappa shape index (κ2) is 11.8. The third-order valence-corrected chi connectivity index (χ3v) is 9.03. The van der Waals surface area contributed by atoms with Crippen LogP contribution in [0.15, 0.2) is 54.6 Å². The van der Waals surface area contributed by atoms with Crippen LogP contribution < -0.4 is 9.47 Å². The molecule has 2 saturated heterocycles. The molecule has 7 rings (SSSR count). The van der Waals surface area contributed by atoms with Crippen LogP contribution in [0.1, 0.15) is 58.6 Å². The first-order valence-corrected chi connectivity index (χ1v) is 15.1. The fraction of sp³-hybridized carbons (Fsp3) is 0.394. The number of esters is 1. The van der Waals surface area contributed by atoms with Crippen molar-refractivity contribution in [3.8, 4) is 11.5 Å². The van der Waals surface area contributed by atoms with E-state index in [1.807, 2.05) is 41.0 Å². The van der Waals surface area contributed by atoms with Crippen LogP contribution in [0.25, 0.3) is 11.0 Å². The molecule has 3 aliphatic heterocycles. The van der Waals surface area contributed by atoms with Gasteiger partial charge in [0.25, 0.3) is 0 Å². The number of nitrogens with zero attached hydrogens (tertiary/aromatic N) is 3. The molecule has 4 aromatic rings. The fourth-order valence-electron chi connectivity index (χ4n) is 6.31. The molecule has 2 atom stereocenters. The van der Waals surface area contributed by atoms with Gasteiger partial charge >= 0.3 is 5.97 Å². The number of aromatic nitrogens is 2. The van der Waals surface area contributed by atoms with Gasteiger partial charge in [-0.1, -0.05) is 35.9 Å². The molecule has 10 heteroatoms. The minimum Gasteiger partial charge on any atom is -0.485 e. The summed E-state index contributed by atoms with van der Waals surface area (Å²) in [4.78, 5) is 19.3. The van der Waals surface area contributed by atoms with Gasteiger partial charge in [-0.05, 0) is 74.2 Å². The van der Waals surface area contributed by atoms with E-state index >= 15 is 4.39 Å². The lowest BCUT2D eigenvalue weighted by Crippen LogP contribution is -2.35. The van der Waals surface area contributed by atoms with E-state index in [4.69, 9.17) is 35.5 Å². The van der Waals surface area contributed by atoms with Crippen molar-refractivity contribution in [3.05, 3.63) is 88.0 Å². The maximum absolute atomic E-state index is 15.1. The summed E-state index contributed by atoms with van der Waals surface area (Å²) in [6, 6.07) is 16.7. The number of likely N-dealkylation sites (tertiary alicyclic amines) is 1. The van der Waals surface area contributed by atoms with Crippen molar-refractivity contribution >= 4 is 28.6 Å². The highest BCUT2D eigenvalue weighted by Gasteiger charge is 2.31. The zero-order valence-electron chi connectivity index (χ0n) is 23.9. The summed E-state index contributed by atoms with van der Waals surface area (Å²) in [5, 5.41) is 0.694. The van der Waals surface area contributed by atoms with Gasteiger partial charge in [0.15, 0.2) is 23.4 Å². The molecule has 0 radical (unpaired) electrons. The number of hydrogen-bond donors (Lipinski definition) is 0. The minimum absolute atomic E-state index is 0.0532. The van der Waals surface area contributed by atoms with Crippen molar-refractivity contribution in [2.45, 2.75) is 50.5 Å². The van der Waals surface area contributed by atoms with Gasteiger partial charge in [0.2, 0.25) is 0 Å². The van der Waals surface area contributed by atoms with E-state index in [2.05, 4.69) is 11.0 Å². The highest BCUT2D eigenvalue weighted by Crippen LogP contribution is 2.44. The van der Waals surface area contributed by atoms with Gasteiger partial charge in [-0.25, -0.2) is 14.2 Å². The molecule has 0 unspecified atom stereocenters. The topological polar surface area (TPSA) is 75.0 Å². The number of piperidine rings is 1. The molecule has 0 bridgehead atoms. The van der Waals surface area contributed by atoms with Crippen molar-refractivity contribution in [1.29, 1.82) is 0 Å². The molecule has 0 N–H and O–H groups in total. The molecule has 2 fully saturated rings. The van der Waals surface area contributed by atoms with E-state index in [9.17, 15) is 4.79 Å². The van der Waals surface area contributed by atoms with E-state index < -0.39 is 11.8 Å². The van der Waals surface area contributed by atoms with Gasteiger partial charge in [0, 0.05) is 17.2 Å². The van der Waals surface area contributed by atoms with Crippen LogP contribution in [0.5, 0.6) is 11.5 Å². The normalized spacial score (nSPS) is 20.6. The number of fused-ring (bicyclic) bond motifs is 2. The van der Waals surface area contributed by atoms with E-state index in [1.165, 1.54) is 18.7 Å². The highest BCUT2D eigenvalue weighted by molar-refractivity contribution is 6.30. The van der Waals surface area contributed by atoms with E-state index in [1.54, 1.807) is 6.07 Å². The number of para-hydroxylation sites is 1. The number of methoxy groups -OCH3 is 1. The van der Waals surface area contributed by atoms with Crippen molar-refractivity contribution in [2.24, 2.45) is 0 Å². The van der Waals surface area contributed by atoms with Crippen molar-refractivity contribution in [3.63, 3.8) is 0 Å². The number of benzene rings is 3. The maximum atomic E-state index is 15.1. The van der Waals surface area contributed by atoms with Crippen LogP contribution in [0.3, 0.4) is 0 Å². The Labute approximate surface area is 254 Å². The predicted octanol–water partition coefficient (Wildman–Crippen LogP) is 6.30. The van der Waals surface area contributed by atoms with Gasteiger partial charge < -0.3 is 23.5 Å². The summed E-state index contributed by atoms with van der Waals surface area (Å²) >= 11 is 6.06. The molecule has 0 saturated carbocycles. The van der Waals surface area contributed by atoms with Crippen LogP contribution in [0.4, 0.5) is 4.39 Å². The Morgan fingerprint density at radius 1 is 1.12 bits per heavy atom. The van der Waals surface area contributed by atoms with Crippen LogP contribution in [-0.4, -0.2) is 59.9 Å². The molecule has 3 aromatic carbocycles. The Bertz CT molecular complexity index is 1650. The number of halogens is 2. The van der Waals surface area contributed by atoms with Gasteiger partial charge in [0.1, 0.15) is 17.9 Å². The predicted molar refractivity (Wildman–Crippen MR) is 159 cm³/mol. The Morgan fingerprint density at radius 3 is 2.63 bits per heavy atom. The largest absolute Gasteiger partial charge is 0.485 e. The molecular weight excluding hydrogens is 573 g/mol. The smallest absolute Gasteiger partial charge is 0.338 e. The zero-order chi connectivity index (χ0) is 29.5. The van der Waals surface area contributed by atoms with Gasteiger partial charge in [-0.3, -0.25) is 4.90 Å². The number of hydrogen-bond acceptors (Lipinski definition) is 7. The molecule has 0 aliphatic carbocycles. The van der Waals surface area contributed by atoms with Crippen molar-refractivity contribution in [2.75, 3.05) is 33.4 Å². The molecule has 0 amide bonds. The SMILES string of the molecule is COC(=O)c1cc(F)c2nc(CN3CCC(c4cccc5c4OC[C@@H](c4ccc(Cl)cc4)O5)CC3)n(C[C@@H]3CCO3)c2c1. The van der Waals surface area contributed by atoms with Gasteiger partial charge in [0.05, 0.1) is 37.4 Å². The average molecular weight is 606 g/mol. The number of rotatable bonds is 7. The summed E-state index contributed by atoms with van der Waals surface area (Å²) in [5.41, 5.74) is 3.24. The third-order valence-electron chi connectivity index (χ3n) is 8.78. The zero-order valence-corrected chi connectivity index (χ0v) is 24.7. The molecule has 4 heterocycles.